The Morgan fingerprint density at radius 3 is 2.74 bits per heavy atom. The molecule has 0 bridgehead atoms. The lowest BCUT2D eigenvalue weighted by molar-refractivity contribution is 0.0740. The number of methoxy groups -OCH3 is 2. The first kappa shape index (κ1) is 13.7. The second kappa shape index (κ2) is 5.93. The molecule has 1 saturated heterocycles. The molecule has 1 atom stereocenters. The van der Waals surface area contributed by atoms with E-state index in [0.717, 1.165) is 19.5 Å². The van der Waals surface area contributed by atoms with E-state index in [9.17, 15) is 4.79 Å². The molecule has 0 radical (unpaired) electrons. The highest BCUT2D eigenvalue weighted by Gasteiger charge is 2.25. The van der Waals surface area contributed by atoms with Crippen LogP contribution in [-0.4, -0.2) is 51.2 Å². The lowest BCUT2D eigenvalue weighted by Crippen LogP contribution is -2.38. The third kappa shape index (κ3) is 2.81. The minimum atomic E-state index is -0.0202. The number of ether oxygens (including phenoxy) is 2. The minimum Gasteiger partial charge on any atom is -0.497 e. The van der Waals surface area contributed by atoms with Gasteiger partial charge in [-0.3, -0.25) is 4.79 Å². The molecular weight excluding hydrogens is 244 g/mol. The van der Waals surface area contributed by atoms with Crippen LogP contribution in [0.2, 0.25) is 0 Å². The fraction of sp³-hybridized carbons (Fsp3) is 0.500. The maximum absolute atomic E-state index is 12.5. The zero-order chi connectivity index (χ0) is 13.8. The van der Waals surface area contributed by atoms with Gasteiger partial charge in [0.2, 0.25) is 0 Å². The minimum absolute atomic E-state index is 0.0202. The van der Waals surface area contributed by atoms with Crippen molar-refractivity contribution in [1.82, 2.24) is 10.2 Å². The van der Waals surface area contributed by atoms with Gasteiger partial charge >= 0.3 is 0 Å². The van der Waals surface area contributed by atoms with E-state index in [1.54, 1.807) is 37.3 Å². The Kier molecular flexibility index (Phi) is 4.27. The number of rotatable bonds is 4. The van der Waals surface area contributed by atoms with Gasteiger partial charge in [-0.1, -0.05) is 0 Å². The van der Waals surface area contributed by atoms with Crippen LogP contribution in [-0.2, 0) is 0 Å². The van der Waals surface area contributed by atoms with Crippen molar-refractivity contribution in [3.8, 4) is 11.5 Å². The molecule has 104 valence electrons. The van der Waals surface area contributed by atoms with Crippen LogP contribution < -0.4 is 14.8 Å². The largest absolute Gasteiger partial charge is 0.497 e. The Morgan fingerprint density at radius 1 is 1.37 bits per heavy atom. The Balaban J connectivity index is 2.22. The van der Waals surface area contributed by atoms with E-state index in [0.29, 0.717) is 17.1 Å². The summed E-state index contributed by atoms with van der Waals surface area (Å²) in [7, 11) is 4.99. The molecule has 0 spiro atoms. The molecule has 1 fully saturated rings. The molecule has 0 saturated carbocycles. The molecule has 2 rings (SSSR count). The van der Waals surface area contributed by atoms with Gasteiger partial charge in [-0.15, -0.1) is 0 Å². The quantitative estimate of drug-likeness (QED) is 0.886. The zero-order valence-electron chi connectivity index (χ0n) is 11.6. The number of benzene rings is 1. The number of nitrogens with one attached hydrogen (secondary N) is 1. The van der Waals surface area contributed by atoms with Crippen molar-refractivity contribution < 1.29 is 14.3 Å². The molecule has 1 N–H and O–H groups in total. The summed E-state index contributed by atoms with van der Waals surface area (Å²) in [5, 5.41) is 3.26. The fourth-order valence-corrected chi connectivity index (χ4v) is 2.30. The van der Waals surface area contributed by atoms with Crippen molar-refractivity contribution in [2.75, 3.05) is 34.4 Å². The van der Waals surface area contributed by atoms with Crippen molar-refractivity contribution >= 4 is 5.91 Å². The van der Waals surface area contributed by atoms with E-state index < -0.39 is 0 Å². The Morgan fingerprint density at radius 2 is 2.16 bits per heavy atom. The second-order valence-corrected chi connectivity index (χ2v) is 4.63. The summed E-state index contributed by atoms with van der Waals surface area (Å²) in [4.78, 5) is 14.3. The van der Waals surface area contributed by atoms with Crippen LogP contribution in [0.4, 0.5) is 0 Å². The highest BCUT2D eigenvalue weighted by atomic mass is 16.5. The first-order valence-corrected chi connectivity index (χ1v) is 6.37. The molecule has 1 amide bonds. The predicted molar refractivity (Wildman–Crippen MR) is 72.9 cm³/mol. The van der Waals surface area contributed by atoms with Gasteiger partial charge in [-0.25, -0.2) is 0 Å². The molecule has 1 aliphatic rings. The van der Waals surface area contributed by atoms with E-state index in [-0.39, 0.29) is 11.9 Å². The van der Waals surface area contributed by atoms with Crippen molar-refractivity contribution in [2.24, 2.45) is 0 Å². The number of hydrogen-bond acceptors (Lipinski definition) is 4. The molecule has 0 aromatic heterocycles. The maximum Gasteiger partial charge on any atom is 0.257 e. The van der Waals surface area contributed by atoms with Crippen molar-refractivity contribution in [2.45, 2.75) is 12.5 Å². The van der Waals surface area contributed by atoms with Gasteiger partial charge in [0.1, 0.15) is 11.5 Å². The van der Waals surface area contributed by atoms with Gasteiger partial charge in [0.25, 0.3) is 5.91 Å². The summed E-state index contributed by atoms with van der Waals surface area (Å²) in [6, 6.07) is 5.50. The van der Waals surface area contributed by atoms with E-state index in [4.69, 9.17) is 9.47 Å². The first-order chi connectivity index (χ1) is 9.17. The Hall–Kier alpha value is -1.75. The number of carbonyl (C=O) groups is 1. The normalized spacial score (nSPS) is 18.2. The number of amides is 1. The molecule has 1 unspecified atom stereocenters. The molecular formula is C14H20N2O3. The fourth-order valence-electron chi connectivity index (χ4n) is 2.30. The average molecular weight is 264 g/mol. The van der Waals surface area contributed by atoms with Gasteiger partial charge in [-0.05, 0) is 25.1 Å². The molecule has 5 heteroatoms. The summed E-state index contributed by atoms with van der Waals surface area (Å²) in [6.45, 7) is 1.81. The van der Waals surface area contributed by atoms with Crippen LogP contribution >= 0.6 is 0 Å². The monoisotopic (exact) mass is 264 g/mol. The summed E-state index contributed by atoms with van der Waals surface area (Å²) in [5.74, 6) is 1.20. The van der Waals surface area contributed by atoms with Crippen molar-refractivity contribution in [1.29, 1.82) is 0 Å². The van der Waals surface area contributed by atoms with E-state index in [1.807, 2.05) is 7.05 Å². The SMILES string of the molecule is COc1ccc(C(=O)N(C)C2CCNC2)c(OC)c1. The van der Waals surface area contributed by atoms with Gasteiger partial charge in [0, 0.05) is 25.7 Å². The van der Waals surface area contributed by atoms with Gasteiger partial charge in [0.05, 0.1) is 19.8 Å². The standard InChI is InChI=1S/C14H20N2O3/c1-16(10-6-7-15-9-10)14(17)12-5-4-11(18-2)8-13(12)19-3/h4-5,8,10,15H,6-7,9H2,1-3H3. The van der Waals surface area contributed by atoms with Gasteiger partial charge in [0.15, 0.2) is 0 Å². The van der Waals surface area contributed by atoms with Gasteiger partial charge in [-0.2, -0.15) is 0 Å². The maximum atomic E-state index is 12.5. The van der Waals surface area contributed by atoms with Crippen LogP contribution in [0.1, 0.15) is 16.8 Å². The summed E-state index contributed by atoms with van der Waals surface area (Å²) in [6.07, 6.45) is 0.987. The van der Waals surface area contributed by atoms with Crippen molar-refractivity contribution in [3.63, 3.8) is 0 Å². The smallest absolute Gasteiger partial charge is 0.257 e. The third-order valence-corrected chi connectivity index (χ3v) is 3.54. The summed E-state index contributed by atoms with van der Waals surface area (Å²) in [5.41, 5.74) is 0.567. The van der Waals surface area contributed by atoms with Crippen molar-refractivity contribution in [3.05, 3.63) is 23.8 Å². The van der Waals surface area contributed by atoms with E-state index in [1.165, 1.54) is 0 Å². The lowest BCUT2D eigenvalue weighted by Gasteiger charge is -2.24. The molecule has 1 aromatic carbocycles. The van der Waals surface area contributed by atoms with E-state index >= 15 is 0 Å². The molecule has 5 nitrogen and oxygen atoms in total. The molecule has 19 heavy (non-hydrogen) atoms. The highest BCUT2D eigenvalue weighted by molar-refractivity contribution is 5.97. The molecule has 0 aliphatic carbocycles. The third-order valence-electron chi connectivity index (χ3n) is 3.54. The van der Waals surface area contributed by atoms with Crippen LogP contribution in [0.15, 0.2) is 18.2 Å². The second-order valence-electron chi connectivity index (χ2n) is 4.63. The average Bonchev–Trinajstić information content (AvgIpc) is 2.99. The summed E-state index contributed by atoms with van der Waals surface area (Å²) >= 11 is 0. The molecule has 1 aliphatic heterocycles. The predicted octanol–water partition coefficient (Wildman–Crippen LogP) is 1.14. The van der Waals surface area contributed by atoms with Crippen LogP contribution in [0.5, 0.6) is 11.5 Å². The van der Waals surface area contributed by atoms with Crippen LogP contribution in [0.3, 0.4) is 0 Å². The topological polar surface area (TPSA) is 50.8 Å². The van der Waals surface area contributed by atoms with Crippen LogP contribution in [0.25, 0.3) is 0 Å². The molecule has 1 heterocycles. The van der Waals surface area contributed by atoms with Gasteiger partial charge < -0.3 is 19.7 Å². The lowest BCUT2D eigenvalue weighted by atomic mass is 10.1. The number of carbonyl (C=O) groups excluding carboxylic acids is 1. The Labute approximate surface area is 113 Å². The number of likely N-dealkylation sites (N-methyl/N-ethyl adjacent to an activating group) is 1. The first-order valence-electron chi connectivity index (χ1n) is 6.37. The Bertz CT molecular complexity index is 456. The molecule has 1 aromatic rings. The zero-order valence-corrected chi connectivity index (χ0v) is 11.6. The summed E-state index contributed by atoms with van der Waals surface area (Å²) < 4.78 is 10.4. The number of hydrogen-bond donors (Lipinski definition) is 1. The van der Waals surface area contributed by atoms with E-state index in [2.05, 4.69) is 5.32 Å². The van der Waals surface area contributed by atoms with Crippen LogP contribution in [0, 0.1) is 0 Å². The number of nitrogens with zero attached hydrogens (tertiary/aromatic N) is 1. The highest BCUT2D eigenvalue weighted by Crippen LogP contribution is 2.26.